The van der Waals surface area contributed by atoms with E-state index in [-0.39, 0.29) is 5.91 Å². The van der Waals surface area contributed by atoms with Crippen molar-refractivity contribution >= 4 is 11.6 Å². The molecule has 1 saturated heterocycles. The van der Waals surface area contributed by atoms with Gasteiger partial charge in [-0.15, -0.1) is 0 Å². The zero-order chi connectivity index (χ0) is 15.4. The zero-order valence-electron chi connectivity index (χ0n) is 13.6. The van der Waals surface area contributed by atoms with E-state index in [0.717, 1.165) is 25.1 Å². The van der Waals surface area contributed by atoms with Crippen LogP contribution >= 0.6 is 0 Å². The van der Waals surface area contributed by atoms with Crippen molar-refractivity contribution in [3.63, 3.8) is 0 Å². The number of likely N-dealkylation sites (tertiary alicyclic amines) is 1. The number of carbonyl (C=O) groups excluding carboxylic acids is 1. The number of nitrogens with zero attached hydrogens (tertiary/aromatic N) is 2. The Labute approximate surface area is 128 Å². The molecule has 1 aliphatic rings. The Hall–Kier alpha value is -1.55. The molecule has 2 rings (SSSR count). The summed E-state index contributed by atoms with van der Waals surface area (Å²) in [7, 11) is 4.04. The molecule has 4 heteroatoms. The van der Waals surface area contributed by atoms with Crippen LogP contribution < -0.4 is 5.32 Å². The molecule has 0 aliphatic carbocycles. The van der Waals surface area contributed by atoms with E-state index in [2.05, 4.69) is 42.4 Å². The standard InChI is InChI=1S/C17H27N3O/c1-13-11-16(9-10-19(13)3)18-17-8-6-5-7-15(17)12-20(4)14(2)21/h5-8,13,16,18H,9-12H2,1-4H3. The van der Waals surface area contributed by atoms with Crippen molar-refractivity contribution in [3.05, 3.63) is 29.8 Å². The van der Waals surface area contributed by atoms with Gasteiger partial charge in [-0.3, -0.25) is 4.79 Å². The third-order valence-electron chi connectivity index (χ3n) is 4.53. The highest BCUT2D eigenvalue weighted by Gasteiger charge is 2.23. The molecule has 116 valence electrons. The molecule has 1 amide bonds. The SMILES string of the molecule is CC(=O)N(C)Cc1ccccc1NC1CCN(C)C(C)C1. The van der Waals surface area contributed by atoms with Crippen molar-refractivity contribution in [2.75, 3.05) is 26.0 Å². The van der Waals surface area contributed by atoms with Crippen molar-refractivity contribution < 1.29 is 4.79 Å². The fourth-order valence-corrected chi connectivity index (χ4v) is 2.81. The molecule has 1 aromatic rings. The van der Waals surface area contributed by atoms with Gasteiger partial charge in [0, 0.05) is 44.8 Å². The summed E-state index contributed by atoms with van der Waals surface area (Å²) in [5.74, 6) is 0.0951. The third-order valence-corrected chi connectivity index (χ3v) is 4.53. The topological polar surface area (TPSA) is 35.6 Å². The van der Waals surface area contributed by atoms with Gasteiger partial charge in [0.05, 0.1) is 0 Å². The fraction of sp³-hybridized carbons (Fsp3) is 0.588. The Morgan fingerprint density at radius 3 is 2.81 bits per heavy atom. The first-order valence-corrected chi connectivity index (χ1v) is 7.73. The van der Waals surface area contributed by atoms with Gasteiger partial charge < -0.3 is 15.1 Å². The summed E-state index contributed by atoms with van der Waals surface area (Å²) in [4.78, 5) is 15.6. The minimum atomic E-state index is 0.0951. The van der Waals surface area contributed by atoms with Crippen LogP contribution in [0, 0.1) is 0 Å². The van der Waals surface area contributed by atoms with Gasteiger partial charge in [0.25, 0.3) is 0 Å². The van der Waals surface area contributed by atoms with Crippen LogP contribution in [0.25, 0.3) is 0 Å². The van der Waals surface area contributed by atoms with Gasteiger partial charge >= 0.3 is 0 Å². The van der Waals surface area contributed by atoms with E-state index in [0.29, 0.717) is 18.6 Å². The Balaban J connectivity index is 2.04. The molecule has 1 heterocycles. The summed E-state index contributed by atoms with van der Waals surface area (Å²) in [5.41, 5.74) is 2.34. The third kappa shape index (κ3) is 4.21. The first kappa shape index (κ1) is 15.8. The van der Waals surface area contributed by atoms with E-state index in [9.17, 15) is 4.79 Å². The van der Waals surface area contributed by atoms with E-state index in [4.69, 9.17) is 0 Å². The van der Waals surface area contributed by atoms with Crippen LogP contribution in [0.15, 0.2) is 24.3 Å². The number of hydrogen-bond donors (Lipinski definition) is 1. The lowest BCUT2D eigenvalue weighted by atomic mass is 9.98. The number of piperidine rings is 1. The van der Waals surface area contributed by atoms with Crippen molar-refractivity contribution in [2.45, 2.75) is 45.3 Å². The fourth-order valence-electron chi connectivity index (χ4n) is 2.81. The normalized spacial score (nSPS) is 22.9. The highest BCUT2D eigenvalue weighted by Crippen LogP contribution is 2.23. The van der Waals surface area contributed by atoms with Crippen molar-refractivity contribution in [1.29, 1.82) is 0 Å². The average molecular weight is 289 g/mol. The van der Waals surface area contributed by atoms with Gasteiger partial charge in [0.2, 0.25) is 5.91 Å². The van der Waals surface area contributed by atoms with Crippen molar-refractivity contribution in [3.8, 4) is 0 Å². The van der Waals surface area contributed by atoms with Gasteiger partial charge in [-0.1, -0.05) is 18.2 Å². The highest BCUT2D eigenvalue weighted by atomic mass is 16.2. The number of nitrogens with one attached hydrogen (secondary N) is 1. The Morgan fingerprint density at radius 2 is 2.14 bits per heavy atom. The van der Waals surface area contributed by atoms with Gasteiger partial charge in [0.15, 0.2) is 0 Å². The predicted octanol–water partition coefficient (Wildman–Crippen LogP) is 2.56. The number of rotatable bonds is 4. The Morgan fingerprint density at radius 1 is 1.43 bits per heavy atom. The molecule has 1 N–H and O–H groups in total. The lowest BCUT2D eigenvalue weighted by Gasteiger charge is -2.36. The lowest BCUT2D eigenvalue weighted by molar-refractivity contribution is -0.128. The lowest BCUT2D eigenvalue weighted by Crippen LogP contribution is -2.42. The number of para-hydroxylation sites is 1. The monoisotopic (exact) mass is 289 g/mol. The molecule has 2 unspecified atom stereocenters. The van der Waals surface area contributed by atoms with E-state index in [1.54, 1.807) is 11.8 Å². The predicted molar refractivity (Wildman–Crippen MR) is 87.3 cm³/mol. The van der Waals surface area contributed by atoms with Crippen LogP contribution in [0.5, 0.6) is 0 Å². The van der Waals surface area contributed by atoms with Crippen molar-refractivity contribution in [2.24, 2.45) is 0 Å². The van der Waals surface area contributed by atoms with Crippen molar-refractivity contribution in [1.82, 2.24) is 9.80 Å². The molecule has 4 nitrogen and oxygen atoms in total. The minimum Gasteiger partial charge on any atom is -0.382 e. The second kappa shape index (κ2) is 6.94. The van der Waals surface area contributed by atoms with E-state index in [1.807, 2.05) is 13.1 Å². The molecule has 0 aromatic heterocycles. The van der Waals surface area contributed by atoms with E-state index in [1.165, 1.54) is 5.56 Å². The summed E-state index contributed by atoms with van der Waals surface area (Å²) in [6.07, 6.45) is 2.32. The number of hydrogen-bond acceptors (Lipinski definition) is 3. The maximum atomic E-state index is 11.4. The van der Waals surface area contributed by atoms with Gasteiger partial charge in [-0.2, -0.15) is 0 Å². The molecule has 0 bridgehead atoms. The van der Waals surface area contributed by atoms with Crippen LogP contribution in [-0.2, 0) is 11.3 Å². The maximum Gasteiger partial charge on any atom is 0.219 e. The van der Waals surface area contributed by atoms with E-state index < -0.39 is 0 Å². The van der Waals surface area contributed by atoms with Crippen LogP contribution in [0.1, 0.15) is 32.3 Å². The molecular formula is C17H27N3O. The van der Waals surface area contributed by atoms with E-state index >= 15 is 0 Å². The molecule has 1 aromatic carbocycles. The van der Waals surface area contributed by atoms with Gasteiger partial charge in [-0.05, 0) is 38.4 Å². The zero-order valence-corrected chi connectivity index (χ0v) is 13.6. The smallest absolute Gasteiger partial charge is 0.219 e. The highest BCUT2D eigenvalue weighted by molar-refractivity contribution is 5.73. The minimum absolute atomic E-state index is 0.0951. The molecule has 2 atom stereocenters. The summed E-state index contributed by atoms with van der Waals surface area (Å²) < 4.78 is 0. The number of benzene rings is 1. The maximum absolute atomic E-state index is 11.4. The molecule has 1 fully saturated rings. The van der Waals surface area contributed by atoms with Crippen LogP contribution in [0.3, 0.4) is 0 Å². The quantitative estimate of drug-likeness (QED) is 0.925. The first-order valence-electron chi connectivity index (χ1n) is 7.73. The average Bonchev–Trinajstić information content (AvgIpc) is 2.45. The summed E-state index contributed by atoms with van der Waals surface area (Å²) in [6, 6.07) is 9.43. The second-order valence-corrected chi connectivity index (χ2v) is 6.23. The molecular weight excluding hydrogens is 262 g/mol. The van der Waals surface area contributed by atoms with Crippen LogP contribution in [-0.4, -0.2) is 48.4 Å². The number of anilines is 1. The molecule has 21 heavy (non-hydrogen) atoms. The molecule has 0 spiro atoms. The van der Waals surface area contributed by atoms with Crippen LogP contribution in [0.2, 0.25) is 0 Å². The molecule has 1 aliphatic heterocycles. The second-order valence-electron chi connectivity index (χ2n) is 6.23. The van der Waals surface area contributed by atoms with Gasteiger partial charge in [0.1, 0.15) is 0 Å². The summed E-state index contributed by atoms with van der Waals surface area (Å²) in [6.45, 7) is 5.67. The molecule has 0 saturated carbocycles. The van der Waals surface area contributed by atoms with Gasteiger partial charge in [-0.25, -0.2) is 0 Å². The number of carbonyl (C=O) groups is 1. The summed E-state index contributed by atoms with van der Waals surface area (Å²) in [5, 5.41) is 3.68. The Kier molecular flexibility index (Phi) is 5.23. The van der Waals surface area contributed by atoms with Crippen LogP contribution in [0.4, 0.5) is 5.69 Å². The largest absolute Gasteiger partial charge is 0.382 e. The number of amides is 1. The summed E-state index contributed by atoms with van der Waals surface area (Å²) >= 11 is 0. The Bertz CT molecular complexity index is 489. The first-order chi connectivity index (χ1) is 9.97. The molecule has 0 radical (unpaired) electrons.